The maximum Gasteiger partial charge on any atom is 0.251 e. The molecule has 112 valence electrons. The van der Waals surface area contributed by atoms with Crippen LogP contribution in [0.2, 0.25) is 0 Å². The van der Waals surface area contributed by atoms with E-state index in [1.807, 2.05) is 0 Å². The van der Waals surface area contributed by atoms with Crippen LogP contribution < -0.4 is 10.1 Å². The van der Waals surface area contributed by atoms with Crippen LogP contribution in [0.1, 0.15) is 30.6 Å². The SMILES string of the molecule is CCN(CC)CCCNC(=O)c1ccc(OC)c(O)c1. The molecule has 0 atom stereocenters. The number of methoxy groups -OCH3 is 1. The second-order valence-electron chi connectivity index (χ2n) is 4.52. The number of nitrogens with zero attached hydrogens (tertiary/aromatic N) is 1. The monoisotopic (exact) mass is 280 g/mol. The Labute approximate surface area is 120 Å². The third kappa shape index (κ3) is 4.74. The molecule has 0 spiro atoms. The predicted octanol–water partition coefficient (Wildman–Crippen LogP) is 1.86. The van der Waals surface area contributed by atoms with Crippen molar-refractivity contribution in [3.05, 3.63) is 23.8 Å². The van der Waals surface area contributed by atoms with E-state index < -0.39 is 0 Å². The minimum atomic E-state index is -0.178. The number of hydrogen-bond acceptors (Lipinski definition) is 4. The molecule has 20 heavy (non-hydrogen) atoms. The fraction of sp³-hybridized carbons (Fsp3) is 0.533. The standard InChI is InChI=1S/C15H24N2O3/c1-4-17(5-2)10-6-9-16-15(19)12-7-8-14(20-3)13(18)11-12/h7-8,11,18H,4-6,9-10H2,1-3H3,(H,16,19). The van der Waals surface area contributed by atoms with Gasteiger partial charge in [-0.3, -0.25) is 4.79 Å². The van der Waals surface area contributed by atoms with Crippen molar-refractivity contribution < 1.29 is 14.6 Å². The van der Waals surface area contributed by atoms with Gasteiger partial charge in [0.1, 0.15) is 0 Å². The topological polar surface area (TPSA) is 61.8 Å². The molecule has 0 bridgehead atoms. The summed E-state index contributed by atoms with van der Waals surface area (Å²) in [5.74, 6) is 0.161. The van der Waals surface area contributed by atoms with E-state index in [1.54, 1.807) is 12.1 Å². The number of aromatic hydroxyl groups is 1. The van der Waals surface area contributed by atoms with Crippen LogP contribution in [0.25, 0.3) is 0 Å². The fourth-order valence-electron chi connectivity index (χ4n) is 1.98. The van der Waals surface area contributed by atoms with Crippen LogP contribution >= 0.6 is 0 Å². The number of carbonyl (C=O) groups is 1. The molecular formula is C15H24N2O3. The van der Waals surface area contributed by atoms with Gasteiger partial charge in [0.2, 0.25) is 0 Å². The Hall–Kier alpha value is -1.75. The van der Waals surface area contributed by atoms with Crippen molar-refractivity contribution in [2.24, 2.45) is 0 Å². The molecule has 1 aromatic carbocycles. The van der Waals surface area contributed by atoms with E-state index >= 15 is 0 Å². The minimum absolute atomic E-state index is 0.0247. The van der Waals surface area contributed by atoms with Crippen molar-refractivity contribution in [3.8, 4) is 11.5 Å². The van der Waals surface area contributed by atoms with E-state index in [-0.39, 0.29) is 11.7 Å². The molecule has 1 aromatic rings. The van der Waals surface area contributed by atoms with Crippen molar-refractivity contribution in [3.63, 3.8) is 0 Å². The zero-order valence-electron chi connectivity index (χ0n) is 12.5. The molecule has 0 radical (unpaired) electrons. The molecule has 2 N–H and O–H groups in total. The molecule has 0 fully saturated rings. The zero-order chi connectivity index (χ0) is 15.0. The summed E-state index contributed by atoms with van der Waals surface area (Å²) in [6, 6.07) is 4.64. The van der Waals surface area contributed by atoms with Gasteiger partial charge in [0.15, 0.2) is 11.5 Å². The molecule has 0 saturated heterocycles. The van der Waals surface area contributed by atoms with Crippen LogP contribution in [0.3, 0.4) is 0 Å². The Morgan fingerprint density at radius 2 is 2.05 bits per heavy atom. The van der Waals surface area contributed by atoms with Crippen molar-refractivity contribution in [1.29, 1.82) is 0 Å². The Morgan fingerprint density at radius 1 is 1.35 bits per heavy atom. The highest BCUT2D eigenvalue weighted by Crippen LogP contribution is 2.25. The van der Waals surface area contributed by atoms with E-state index in [4.69, 9.17) is 4.74 Å². The lowest BCUT2D eigenvalue weighted by molar-refractivity contribution is 0.0951. The van der Waals surface area contributed by atoms with E-state index in [0.29, 0.717) is 17.9 Å². The number of amides is 1. The average molecular weight is 280 g/mol. The summed E-state index contributed by atoms with van der Waals surface area (Å²) in [4.78, 5) is 14.2. The first-order valence-electron chi connectivity index (χ1n) is 6.99. The van der Waals surface area contributed by atoms with Gasteiger partial charge in [-0.25, -0.2) is 0 Å². The van der Waals surface area contributed by atoms with Crippen molar-refractivity contribution in [1.82, 2.24) is 10.2 Å². The molecule has 0 heterocycles. The van der Waals surface area contributed by atoms with Crippen LogP contribution in [-0.4, -0.2) is 49.2 Å². The molecule has 0 aromatic heterocycles. The Balaban J connectivity index is 2.41. The Kier molecular flexibility index (Phi) is 6.87. The van der Waals surface area contributed by atoms with Gasteiger partial charge in [0.05, 0.1) is 7.11 Å². The summed E-state index contributed by atoms with van der Waals surface area (Å²) in [5, 5.41) is 12.5. The molecule has 5 nitrogen and oxygen atoms in total. The fourth-order valence-corrected chi connectivity index (χ4v) is 1.98. The van der Waals surface area contributed by atoms with Gasteiger partial charge in [0.25, 0.3) is 5.91 Å². The lowest BCUT2D eigenvalue weighted by atomic mass is 10.2. The largest absolute Gasteiger partial charge is 0.504 e. The molecule has 1 rings (SSSR count). The quantitative estimate of drug-likeness (QED) is 0.714. The number of carbonyl (C=O) groups excluding carboxylic acids is 1. The second kappa shape index (κ2) is 8.43. The van der Waals surface area contributed by atoms with Crippen molar-refractivity contribution >= 4 is 5.91 Å². The summed E-state index contributed by atoms with van der Waals surface area (Å²) in [6.45, 7) is 7.90. The molecule has 0 aliphatic heterocycles. The third-order valence-corrected chi connectivity index (χ3v) is 3.27. The maximum atomic E-state index is 11.9. The molecule has 0 unspecified atom stereocenters. The summed E-state index contributed by atoms with van der Waals surface area (Å²) in [6.07, 6.45) is 0.912. The van der Waals surface area contributed by atoms with Crippen LogP contribution in [0.5, 0.6) is 11.5 Å². The molecule has 1 amide bonds. The van der Waals surface area contributed by atoms with Crippen molar-refractivity contribution in [2.45, 2.75) is 20.3 Å². The van der Waals surface area contributed by atoms with E-state index in [9.17, 15) is 9.90 Å². The molecule has 0 aliphatic carbocycles. The average Bonchev–Trinajstić information content (AvgIpc) is 2.47. The first-order chi connectivity index (χ1) is 9.62. The number of phenols is 1. The van der Waals surface area contributed by atoms with Gasteiger partial charge in [-0.1, -0.05) is 13.8 Å². The van der Waals surface area contributed by atoms with Crippen LogP contribution in [0, 0.1) is 0 Å². The molecule has 0 aliphatic rings. The highest BCUT2D eigenvalue weighted by Gasteiger charge is 2.09. The first-order valence-corrected chi connectivity index (χ1v) is 6.99. The second-order valence-corrected chi connectivity index (χ2v) is 4.52. The normalized spacial score (nSPS) is 10.6. The molecule has 0 saturated carbocycles. The minimum Gasteiger partial charge on any atom is -0.504 e. The van der Waals surface area contributed by atoms with Crippen LogP contribution in [0.15, 0.2) is 18.2 Å². The number of hydrogen-bond donors (Lipinski definition) is 2. The van der Waals surface area contributed by atoms with Gasteiger partial charge in [-0.2, -0.15) is 0 Å². The van der Waals surface area contributed by atoms with Gasteiger partial charge in [-0.05, 0) is 44.3 Å². The van der Waals surface area contributed by atoms with Gasteiger partial charge >= 0.3 is 0 Å². The highest BCUT2D eigenvalue weighted by atomic mass is 16.5. The lowest BCUT2D eigenvalue weighted by Gasteiger charge is -2.17. The van der Waals surface area contributed by atoms with Crippen LogP contribution in [-0.2, 0) is 0 Å². The Bertz CT molecular complexity index is 431. The number of phenolic OH excluding ortho intramolecular Hbond substituents is 1. The number of benzene rings is 1. The lowest BCUT2D eigenvalue weighted by Crippen LogP contribution is -2.29. The summed E-state index contributed by atoms with van der Waals surface area (Å²) in [7, 11) is 1.47. The van der Waals surface area contributed by atoms with Gasteiger partial charge in [-0.15, -0.1) is 0 Å². The predicted molar refractivity (Wildman–Crippen MR) is 79.4 cm³/mol. The van der Waals surface area contributed by atoms with Crippen LogP contribution in [0.4, 0.5) is 0 Å². The van der Waals surface area contributed by atoms with Crippen molar-refractivity contribution in [2.75, 3.05) is 33.3 Å². The summed E-state index contributed by atoms with van der Waals surface area (Å²) < 4.78 is 4.94. The summed E-state index contributed by atoms with van der Waals surface area (Å²) in [5.41, 5.74) is 0.436. The molecule has 5 heteroatoms. The van der Waals surface area contributed by atoms with E-state index in [2.05, 4.69) is 24.1 Å². The first kappa shape index (κ1) is 16.3. The van der Waals surface area contributed by atoms with E-state index in [0.717, 1.165) is 26.1 Å². The number of rotatable bonds is 8. The number of nitrogens with one attached hydrogen (secondary N) is 1. The van der Waals surface area contributed by atoms with Gasteiger partial charge in [0, 0.05) is 12.1 Å². The molecular weight excluding hydrogens is 256 g/mol. The van der Waals surface area contributed by atoms with Gasteiger partial charge < -0.3 is 20.1 Å². The maximum absolute atomic E-state index is 11.9. The highest BCUT2D eigenvalue weighted by molar-refractivity contribution is 5.94. The van der Waals surface area contributed by atoms with E-state index in [1.165, 1.54) is 13.2 Å². The summed E-state index contributed by atoms with van der Waals surface area (Å²) >= 11 is 0. The smallest absolute Gasteiger partial charge is 0.251 e. The number of ether oxygens (including phenoxy) is 1. The zero-order valence-corrected chi connectivity index (χ0v) is 12.5. The third-order valence-electron chi connectivity index (χ3n) is 3.27. The Morgan fingerprint density at radius 3 is 2.60 bits per heavy atom.